The molecule has 1 unspecified atom stereocenters. The zero-order chi connectivity index (χ0) is 15.9. The minimum atomic E-state index is -1.44. The van der Waals surface area contributed by atoms with Crippen LogP contribution in [0.25, 0.3) is 0 Å². The SMILES string of the molecule is CC(O)C(=O)[O-].CCCCCCCCCC[n+]1cc[nH]c1. The molecule has 122 valence electrons. The maximum Gasteiger partial charge on any atom is 0.241 e. The summed E-state index contributed by atoms with van der Waals surface area (Å²) in [5.41, 5.74) is 0. The zero-order valence-electron chi connectivity index (χ0n) is 13.4. The Labute approximate surface area is 128 Å². The highest BCUT2D eigenvalue weighted by Crippen LogP contribution is 2.08. The Kier molecular flexibility index (Phi) is 12.7. The minimum Gasteiger partial charge on any atom is -0.547 e. The van der Waals surface area contributed by atoms with E-state index in [4.69, 9.17) is 5.11 Å². The van der Waals surface area contributed by atoms with Crippen molar-refractivity contribution in [1.29, 1.82) is 0 Å². The first-order valence-corrected chi connectivity index (χ1v) is 7.98. The van der Waals surface area contributed by atoms with E-state index in [0.29, 0.717) is 0 Å². The fraction of sp³-hybridized carbons (Fsp3) is 0.750. The fourth-order valence-electron chi connectivity index (χ4n) is 1.89. The van der Waals surface area contributed by atoms with Crippen LogP contribution in [0.4, 0.5) is 0 Å². The van der Waals surface area contributed by atoms with Gasteiger partial charge >= 0.3 is 0 Å². The standard InChI is InChI=1S/C13H24N2.C3H6O3/c1-2-3-4-5-6-7-8-9-11-15-12-10-14-13-15;1-2(4)3(5)6/h10,12-13H,2-9,11H2,1H3;2,4H,1H3,(H,5,6). The lowest BCUT2D eigenvalue weighted by atomic mass is 10.1. The van der Waals surface area contributed by atoms with Gasteiger partial charge < -0.3 is 15.0 Å². The molecule has 1 aromatic rings. The first-order valence-electron chi connectivity index (χ1n) is 7.98. The van der Waals surface area contributed by atoms with E-state index in [9.17, 15) is 9.90 Å². The molecule has 0 fully saturated rings. The predicted molar refractivity (Wildman–Crippen MR) is 80.3 cm³/mol. The molecule has 0 aliphatic rings. The van der Waals surface area contributed by atoms with Crippen LogP contribution in [0.1, 0.15) is 65.2 Å². The van der Waals surface area contributed by atoms with Crippen molar-refractivity contribution in [1.82, 2.24) is 4.98 Å². The van der Waals surface area contributed by atoms with Gasteiger partial charge in [-0.3, -0.25) is 4.98 Å². The van der Waals surface area contributed by atoms with E-state index in [2.05, 4.69) is 22.7 Å². The normalized spacial score (nSPS) is 11.6. The summed E-state index contributed by atoms with van der Waals surface area (Å²) in [5, 5.41) is 17.3. The number of aromatic amines is 1. The average Bonchev–Trinajstić information content (AvgIpc) is 2.95. The van der Waals surface area contributed by atoms with Gasteiger partial charge in [-0.25, -0.2) is 4.57 Å². The Balaban J connectivity index is 0.000000567. The highest BCUT2D eigenvalue weighted by atomic mass is 16.4. The highest BCUT2D eigenvalue weighted by Gasteiger charge is 1.96. The maximum absolute atomic E-state index is 9.34. The van der Waals surface area contributed by atoms with Gasteiger partial charge in [0.15, 0.2) is 0 Å². The number of rotatable bonds is 10. The van der Waals surface area contributed by atoms with Crippen LogP contribution in [-0.2, 0) is 11.3 Å². The quantitative estimate of drug-likeness (QED) is 0.508. The molecule has 0 spiro atoms. The van der Waals surface area contributed by atoms with Crippen molar-refractivity contribution < 1.29 is 19.6 Å². The van der Waals surface area contributed by atoms with Crippen LogP contribution in [-0.4, -0.2) is 22.2 Å². The van der Waals surface area contributed by atoms with E-state index in [0.717, 1.165) is 6.92 Å². The lowest BCUT2D eigenvalue weighted by molar-refractivity contribution is -0.696. The van der Waals surface area contributed by atoms with Gasteiger partial charge in [-0.2, -0.15) is 0 Å². The molecule has 0 bridgehead atoms. The number of H-pyrrole nitrogens is 1. The van der Waals surface area contributed by atoms with Crippen molar-refractivity contribution in [2.45, 2.75) is 77.9 Å². The summed E-state index contributed by atoms with van der Waals surface area (Å²) in [6.07, 6.45) is 15.9. The number of carboxylic acid groups (broad SMARTS) is 1. The van der Waals surface area contributed by atoms with Crippen molar-refractivity contribution in [3.63, 3.8) is 0 Å². The second kappa shape index (κ2) is 13.6. The summed E-state index contributed by atoms with van der Waals surface area (Å²) in [5.74, 6) is -1.44. The Morgan fingerprint density at radius 3 is 2.14 bits per heavy atom. The number of aryl methyl sites for hydroxylation is 1. The topological polar surface area (TPSA) is 80.0 Å². The molecule has 1 aromatic heterocycles. The van der Waals surface area contributed by atoms with Crippen molar-refractivity contribution in [3.8, 4) is 0 Å². The van der Waals surface area contributed by atoms with E-state index in [-0.39, 0.29) is 0 Å². The summed E-state index contributed by atoms with van der Waals surface area (Å²) >= 11 is 0. The predicted octanol–water partition coefficient (Wildman–Crippen LogP) is 1.56. The molecule has 0 saturated carbocycles. The first kappa shape index (κ1) is 19.6. The maximum atomic E-state index is 9.34. The minimum absolute atomic E-state index is 1.13. The molecule has 21 heavy (non-hydrogen) atoms. The average molecular weight is 298 g/mol. The van der Waals surface area contributed by atoms with Crippen LogP contribution in [0.15, 0.2) is 18.7 Å². The van der Waals surface area contributed by atoms with Crippen LogP contribution in [0, 0.1) is 0 Å². The summed E-state index contributed by atoms with van der Waals surface area (Å²) in [6.45, 7) is 4.57. The number of unbranched alkanes of at least 4 members (excludes halogenated alkanes) is 7. The molecule has 2 N–H and O–H groups in total. The monoisotopic (exact) mass is 298 g/mol. The molecule has 0 aromatic carbocycles. The number of carboxylic acids is 1. The van der Waals surface area contributed by atoms with Crippen LogP contribution < -0.4 is 9.67 Å². The van der Waals surface area contributed by atoms with Gasteiger partial charge in [0, 0.05) is 0 Å². The number of carbonyl (C=O) groups is 1. The van der Waals surface area contributed by atoms with Crippen LogP contribution in [0.5, 0.6) is 0 Å². The number of nitrogens with zero attached hydrogens (tertiary/aromatic N) is 1. The van der Waals surface area contributed by atoms with Gasteiger partial charge in [0.25, 0.3) is 0 Å². The number of hydrogen-bond acceptors (Lipinski definition) is 3. The van der Waals surface area contributed by atoms with E-state index < -0.39 is 12.1 Å². The van der Waals surface area contributed by atoms with Gasteiger partial charge in [0.1, 0.15) is 12.4 Å². The van der Waals surface area contributed by atoms with E-state index in [1.54, 1.807) is 0 Å². The smallest absolute Gasteiger partial charge is 0.241 e. The molecular formula is C16H30N2O3. The number of imidazole rings is 1. The Morgan fingerprint density at radius 1 is 1.19 bits per heavy atom. The van der Waals surface area contributed by atoms with Crippen molar-refractivity contribution in [2.75, 3.05) is 0 Å². The van der Waals surface area contributed by atoms with Gasteiger partial charge in [0.05, 0.1) is 18.6 Å². The lowest BCUT2D eigenvalue weighted by Crippen LogP contribution is -2.32. The largest absolute Gasteiger partial charge is 0.547 e. The molecule has 0 saturated heterocycles. The third-order valence-corrected chi connectivity index (χ3v) is 3.21. The van der Waals surface area contributed by atoms with E-state index >= 15 is 0 Å². The summed E-state index contributed by atoms with van der Waals surface area (Å²) in [4.78, 5) is 12.4. The molecule has 1 heterocycles. The fourth-order valence-corrected chi connectivity index (χ4v) is 1.89. The third-order valence-electron chi connectivity index (χ3n) is 3.21. The van der Waals surface area contributed by atoms with Gasteiger partial charge in [-0.15, -0.1) is 0 Å². The van der Waals surface area contributed by atoms with E-state index in [1.807, 2.05) is 12.5 Å². The number of carbonyl (C=O) groups excluding carboxylic acids is 1. The van der Waals surface area contributed by atoms with Crippen LogP contribution in [0.3, 0.4) is 0 Å². The Morgan fingerprint density at radius 2 is 1.71 bits per heavy atom. The molecule has 5 nitrogen and oxygen atoms in total. The molecule has 1 atom stereocenters. The van der Waals surface area contributed by atoms with Crippen molar-refractivity contribution in [2.24, 2.45) is 0 Å². The highest BCUT2D eigenvalue weighted by molar-refractivity contribution is 5.68. The molecule has 0 aliphatic heterocycles. The molecule has 0 amide bonds. The summed E-state index contributed by atoms with van der Waals surface area (Å²) in [6, 6.07) is 0. The molecule has 1 rings (SSSR count). The Hall–Kier alpha value is -1.36. The van der Waals surface area contributed by atoms with Gasteiger partial charge in [-0.05, 0) is 19.8 Å². The zero-order valence-corrected chi connectivity index (χ0v) is 13.4. The number of aliphatic carboxylic acids is 1. The Bertz CT molecular complexity index is 337. The van der Waals surface area contributed by atoms with E-state index in [1.165, 1.54) is 57.9 Å². The second-order valence-electron chi connectivity index (χ2n) is 5.32. The second-order valence-corrected chi connectivity index (χ2v) is 5.32. The van der Waals surface area contributed by atoms with Gasteiger partial charge in [0.2, 0.25) is 6.33 Å². The number of hydrogen-bond donors (Lipinski definition) is 2. The number of aliphatic hydroxyl groups is 1. The van der Waals surface area contributed by atoms with Crippen LogP contribution in [0.2, 0.25) is 0 Å². The molecule has 5 heteroatoms. The molecule has 0 radical (unpaired) electrons. The third kappa shape index (κ3) is 13.4. The lowest BCUT2D eigenvalue weighted by Gasteiger charge is -2.00. The summed E-state index contributed by atoms with van der Waals surface area (Å²) in [7, 11) is 0. The number of aliphatic hydroxyl groups excluding tert-OH is 1. The first-order chi connectivity index (χ1) is 10.1. The van der Waals surface area contributed by atoms with Gasteiger partial charge in [-0.1, -0.05) is 45.4 Å². The molecule has 0 aliphatic carbocycles. The van der Waals surface area contributed by atoms with Crippen LogP contribution >= 0.6 is 0 Å². The number of aromatic nitrogens is 2. The van der Waals surface area contributed by atoms with Crippen molar-refractivity contribution >= 4 is 5.97 Å². The number of nitrogens with one attached hydrogen (secondary N) is 1. The van der Waals surface area contributed by atoms with Crippen molar-refractivity contribution in [3.05, 3.63) is 18.7 Å². The molecular weight excluding hydrogens is 268 g/mol. The summed E-state index contributed by atoms with van der Waals surface area (Å²) < 4.78 is 2.22.